The highest BCUT2D eigenvalue weighted by molar-refractivity contribution is 5.77. The molecule has 1 rings (SSSR count). The van der Waals surface area contributed by atoms with Crippen molar-refractivity contribution in [1.29, 1.82) is 0 Å². The number of alkyl carbamates (subject to hydrolysis) is 1. The van der Waals surface area contributed by atoms with Crippen LogP contribution in [-0.2, 0) is 16.1 Å². The summed E-state index contributed by atoms with van der Waals surface area (Å²) in [5, 5.41) is 2.63. The first-order valence-corrected chi connectivity index (χ1v) is 7.11. The molecule has 0 bridgehead atoms. The molecule has 0 aliphatic carbocycles. The second-order valence-electron chi connectivity index (χ2n) is 5.40. The molecule has 0 aliphatic heterocycles. The first-order valence-electron chi connectivity index (χ1n) is 7.11. The summed E-state index contributed by atoms with van der Waals surface area (Å²) < 4.78 is 5.10. The molecule has 0 radical (unpaired) electrons. The zero-order chi connectivity index (χ0) is 15.8. The predicted molar refractivity (Wildman–Crippen MR) is 84.0 cm³/mol. The number of nitrogens with one attached hydrogen (secondary N) is 1. The summed E-state index contributed by atoms with van der Waals surface area (Å²) in [5.74, 6) is 0.0216. The van der Waals surface area contributed by atoms with Gasteiger partial charge in [0, 0.05) is 27.5 Å². The van der Waals surface area contributed by atoms with Crippen molar-refractivity contribution in [2.24, 2.45) is 5.92 Å². The molecule has 2 amide bonds. The second kappa shape index (κ2) is 8.29. The highest BCUT2D eigenvalue weighted by Crippen LogP contribution is 2.04. The molecule has 0 saturated heterocycles. The molecule has 0 saturated carbocycles. The Morgan fingerprint density at radius 2 is 1.90 bits per heavy atom. The van der Waals surface area contributed by atoms with E-state index in [9.17, 15) is 9.59 Å². The minimum absolute atomic E-state index is 0. The van der Waals surface area contributed by atoms with E-state index < -0.39 is 6.09 Å². The lowest BCUT2D eigenvalue weighted by molar-refractivity contribution is -0.133. The molecule has 0 heterocycles. The molecule has 118 valence electrons. The fraction of sp³-hybridized carbons (Fsp3) is 0.500. The van der Waals surface area contributed by atoms with E-state index in [0.717, 1.165) is 5.56 Å². The van der Waals surface area contributed by atoms with Crippen molar-refractivity contribution in [2.45, 2.75) is 27.4 Å². The van der Waals surface area contributed by atoms with Crippen LogP contribution in [0.1, 0.15) is 26.4 Å². The van der Waals surface area contributed by atoms with Gasteiger partial charge in [0.1, 0.15) is 6.61 Å². The Hall–Kier alpha value is -2.04. The van der Waals surface area contributed by atoms with Crippen molar-refractivity contribution in [3.8, 4) is 0 Å². The molecule has 0 atom stereocenters. The molecule has 0 fully saturated rings. The number of carbonyl (C=O) groups is 2. The van der Waals surface area contributed by atoms with E-state index in [-0.39, 0.29) is 19.9 Å². The maximum Gasteiger partial charge on any atom is 0.407 e. The van der Waals surface area contributed by atoms with Crippen LogP contribution in [0.15, 0.2) is 24.3 Å². The van der Waals surface area contributed by atoms with Gasteiger partial charge >= 0.3 is 6.09 Å². The average Bonchev–Trinajstić information content (AvgIpc) is 2.45. The van der Waals surface area contributed by atoms with Gasteiger partial charge in [-0.15, -0.1) is 0 Å². The van der Waals surface area contributed by atoms with E-state index in [2.05, 4.69) is 5.32 Å². The zero-order valence-electron chi connectivity index (χ0n) is 13.2. The number of hydrogen-bond donors (Lipinski definition) is 1. The van der Waals surface area contributed by atoms with Crippen LogP contribution < -0.4 is 5.32 Å². The molecule has 0 unspecified atom stereocenters. The van der Waals surface area contributed by atoms with Crippen LogP contribution in [0, 0.1) is 12.8 Å². The van der Waals surface area contributed by atoms with Gasteiger partial charge in [0.15, 0.2) is 0 Å². The van der Waals surface area contributed by atoms with Crippen molar-refractivity contribution in [3.63, 3.8) is 0 Å². The molecule has 0 aliphatic rings. The maximum atomic E-state index is 11.6. The predicted octanol–water partition coefficient (Wildman–Crippen LogP) is 2.58. The summed E-state index contributed by atoms with van der Waals surface area (Å²) in [7, 11) is 1.72. The molecular weight excluding hydrogens is 268 g/mol. The van der Waals surface area contributed by atoms with Crippen LogP contribution in [0.3, 0.4) is 0 Å². The Labute approximate surface area is 127 Å². The smallest absolute Gasteiger partial charge is 0.407 e. The zero-order valence-corrected chi connectivity index (χ0v) is 13.2. The Balaban J connectivity index is 0.00000441. The van der Waals surface area contributed by atoms with Crippen molar-refractivity contribution in [2.75, 3.05) is 20.1 Å². The van der Waals surface area contributed by atoms with Crippen LogP contribution in [0.25, 0.3) is 0 Å². The van der Waals surface area contributed by atoms with Crippen molar-refractivity contribution < 1.29 is 15.8 Å². The highest BCUT2D eigenvalue weighted by atomic mass is 16.5. The van der Waals surface area contributed by atoms with Crippen LogP contribution in [0.4, 0.5) is 4.79 Å². The number of rotatable bonds is 6. The lowest BCUT2D eigenvalue weighted by Gasteiger charge is -2.19. The molecule has 1 aromatic rings. The summed E-state index contributed by atoms with van der Waals surface area (Å²) in [6, 6.07) is 7.81. The van der Waals surface area contributed by atoms with Gasteiger partial charge in [-0.1, -0.05) is 43.7 Å². The quantitative estimate of drug-likeness (QED) is 0.877. The SMILES string of the molecule is Cc1ccc(COC(=O)NCCN(C)C(=O)C(C)C)cc1.[HH]. The lowest BCUT2D eigenvalue weighted by atomic mass is 10.2. The van der Waals surface area contributed by atoms with Gasteiger partial charge in [0.25, 0.3) is 0 Å². The minimum Gasteiger partial charge on any atom is -0.445 e. The molecule has 1 aromatic carbocycles. The van der Waals surface area contributed by atoms with Crippen molar-refractivity contribution in [3.05, 3.63) is 35.4 Å². The Kier molecular flexibility index (Phi) is 6.72. The monoisotopic (exact) mass is 294 g/mol. The topological polar surface area (TPSA) is 58.6 Å². The molecule has 1 N–H and O–H groups in total. The molecule has 0 aromatic heterocycles. The van der Waals surface area contributed by atoms with Crippen molar-refractivity contribution in [1.82, 2.24) is 10.2 Å². The van der Waals surface area contributed by atoms with Gasteiger partial charge in [-0.3, -0.25) is 4.79 Å². The normalized spacial score (nSPS) is 10.3. The van der Waals surface area contributed by atoms with Crippen LogP contribution >= 0.6 is 0 Å². The molecular formula is C16H26N2O3. The standard InChI is InChI=1S/C16H24N2O3.H2/c1-12(2)15(19)18(4)10-9-17-16(20)21-11-14-7-5-13(3)6-8-14;/h5-8,12H,9-11H2,1-4H3,(H,17,20);1H. The molecule has 0 spiro atoms. The number of carbonyl (C=O) groups excluding carboxylic acids is 2. The summed E-state index contributed by atoms with van der Waals surface area (Å²) in [6.07, 6.45) is -0.471. The molecule has 5 heteroatoms. The largest absolute Gasteiger partial charge is 0.445 e. The third-order valence-corrected chi connectivity index (χ3v) is 3.08. The second-order valence-corrected chi connectivity index (χ2v) is 5.40. The lowest BCUT2D eigenvalue weighted by Crippen LogP contribution is -2.38. The first kappa shape index (κ1) is 17.0. The molecule has 5 nitrogen and oxygen atoms in total. The fourth-order valence-corrected chi connectivity index (χ4v) is 1.76. The highest BCUT2D eigenvalue weighted by Gasteiger charge is 2.12. The fourth-order valence-electron chi connectivity index (χ4n) is 1.76. The number of benzene rings is 1. The van der Waals surface area contributed by atoms with Gasteiger partial charge in [0.2, 0.25) is 5.91 Å². The Morgan fingerprint density at radius 1 is 1.29 bits per heavy atom. The van der Waals surface area contributed by atoms with E-state index in [1.807, 2.05) is 45.0 Å². The van der Waals surface area contributed by atoms with Crippen LogP contribution in [0.2, 0.25) is 0 Å². The van der Waals surface area contributed by atoms with E-state index in [1.165, 1.54) is 5.56 Å². The number of nitrogens with zero attached hydrogens (tertiary/aromatic N) is 1. The molecule has 21 heavy (non-hydrogen) atoms. The number of hydrogen-bond acceptors (Lipinski definition) is 3. The van der Waals surface area contributed by atoms with E-state index in [1.54, 1.807) is 11.9 Å². The van der Waals surface area contributed by atoms with Gasteiger partial charge < -0.3 is 15.0 Å². The first-order chi connectivity index (χ1) is 9.90. The summed E-state index contributed by atoms with van der Waals surface area (Å²) >= 11 is 0. The Bertz CT molecular complexity index is 475. The van der Waals surface area contributed by atoms with E-state index in [0.29, 0.717) is 13.1 Å². The number of likely N-dealkylation sites (N-methyl/N-ethyl adjacent to an activating group) is 1. The van der Waals surface area contributed by atoms with Gasteiger partial charge in [-0.25, -0.2) is 4.79 Å². The third kappa shape index (κ3) is 6.29. The maximum absolute atomic E-state index is 11.6. The summed E-state index contributed by atoms with van der Waals surface area (Å²) in [5.41, 5.74) is 2.11. The van der Waals surface area contributed by atoms with Crippen LogP contribution in [0.5, 0.6) is 0 Å². The van der Waals surface area contributed by atoms with Gasteiger partial charge in [0.05, 0.1) is 0 Å². The minimum atomic E-state index is -0.471. The van der Waals surface area contributed by atoms with Crippen LogP contribution in [-0.4, -0.2) is 37.0 Å². The Morgan fingerprint density at radius 3 is 2.48 bits per heavy atom. The van der Waals surface area contributed by atoms with E-state index in [4.69, 9.17) is 4.74 Å². The van der Waals surface area contributed by atoms with Crippen molar-refractivity contribution >= 4 is 12.0 Å². The average molecular weight is 294 g/mol. The summed E-state index contributed by atoms with van der Waals surface area (Å²) in [6.45, 7) is 6.79. The number of amides is 2. The number of aryl methyl sites for hydroxylation is 1. The van der Waals surface area contributed by atoms with Gasteiger partial charge in [-0.2, -0.15) is 0 Å². The third-order valence-electron chi connectivity index (χ3n) is 3.08. The van der Waals surface area contributed by atoms with Gasteiger partial charge in [-0.05, 0) is 12.5 Å². The summed E-state index contributed by atoms with van der Waals surface area (Å²) in [4.78, 5) is 24.8. The van der Waals surface area contributed by atoms with E-state index >= 15 is 0 Å². The number of ether oxygens (including phenoxy) is 1.